The summed E-state index contributed by atoms with van der Waals surface area (Å²) in [5, 5.41) is 3.28. The van der Waals surface area contributed by atoms with Crippen molar-refractivity contribution >= 4 is 5.91 Å². The minimum absolute atomic E-state index is 0.303. The van der Waals surface area contributed by atoms with E-state index in [4.69, 9.17) is 0 Å². The van der Waals surface area contributed by atoms with Gasteiger partial charge in [0.15, 0.2) is 0 Å². The first-order valence-corrected chi connectivity index (χ1v) is 8.81. The van der Waals surface area contributed by atoms with E-state index >= 15 is 0 Å². The lowest BCUT2D eigenvalue weighted by Crippen LogP contribution is -2.49. The average Bonchev–Trinajstić information content (AvgIpc) is 3.24. The SMILES string of the molecule is O=C(CC1CC1)NC1CCCN(CC2CCCCC2)C1. The molecule has 3 aliphatic rings. The molecule has 3 fully saturated rings. The molecular formula is C17H30N2O. The molecule has 20 heavy (non-hydrogen) atoms. The molecule has 1 amide bonds. The van der Waals surface area contributed by atoms with E-state index in [9.17, 15) is 4.79 Å². The first-order valence-electron chi connectivity index (χ1n) is 8.81. The zero-order valence-electron chi connectivity index (χ0n) is 12.8. The molecule has 3 rings (SSSR count). The molecule has 3 heteroatoms. The third-order valence-corrected chi connectivity index (χ3v) is 5.28. The van der Waals surface area contributed by atoms with Crippen molar-refractivity contribution in [3.63, 3.8) is 0 Å². The van der Waals surface area contributed by atoms with E-state index in [2.05, 4.69) is 10.2 Å². The summed E-state index contributed by atoms with van der Waals surface area (Å²) in [6, 6.07) is 0.415. The Hall–Kier alpha value is -0.570. The Morgan fingerprint density at radius 2 is 1.75 bits per heavy atom. The highest BCUT2D eigenvalue weighted by molar-refractivity contribution is 5.76. The molecule has 0 aromatic carbocycles. The summed E-state index contributed by atoms with van der Waals surface area (Å²) in [4.78, 5) is 14.5. The summed E-state index contributed by atoms with van der Waals surface area (Å²) in [6.07, 6.45) is 12.9. The van der Waals surface area contributed by atoms with Crippen LogP contribution in [0, 0.1) is 11.8 Å². The van der Waals surface area contributed by atoms with Crippen LogP contribution in [0.1, 0.15) is 64.2 Å². The number of amides is 1. The largest absolute Gasteiger partial charge is 0.352 e. The Morgan fingerprint density at radius 3 is 2.50 bits per heavy atom. The third kappa shape index (κ3) is 4.47. The molecule has 1 saturated heterocycles. The number of carbonyl (C=O) groups is 1. The zero-order valence-corrected chi connectivity index (χ0v) is 12.8. The average molecular weight is 278 g/mol. The van der Waals surface area contributed by atoms with Gasteiger partial charge in [-0.15, -0.1) is 0 Å². The van der Waals surface area contributed by atoms with Crippen molar-refractivity contribution < 1.29 is 4.79 Å². The molecule has 2 aliphatic carbocycles. The van der Waals surface area contributed by atoms with E-state index in [-0.39, 0.29) is 0 Å². The van der Waals surface area contributed by atoms with Gasteiger partial charge in [0, 0.05) is 25.6 Å². The Balaban J connectivity index is 1.39. The van der Waals surface area contributed by atoms with Crippen LogP contribution in [-0.2, 0) is 4.79 Å². The summed E-state index contributed by atoms with van der Waals surface area (Å²) < 4.78 is 0. The van der Waals surface area contributed by atoms with Crippen LogP contribution in [0.15, 0.2) is 0 Å². The van der Waals surface area contributed by atoms with Crippen LogP contribution < -0.4 is 5.32 Å². The van der Waals surface area contributed by atoms with Crippen LogP contribution in [0.3, 0.4) is 0 Å². The summed E-state index contributed by atoms with van der Waals surface area (Å²) in [7, 11) is 0. The molecule has 1 N–H and O–H groups in total. The van der Waals surface area contributed by atoms with Gasteiger partial charge in [-0.05, 0) is 56.9 Å². The van der Waals surface area contributed by atoms with Gasteiger partial charge in [-0.3, -0.25) is 4.79 Å². The second kappa shape index (κ2) is 6.93. The summed E-state index contributed by atoms with van der Waals surface area (Å²) >= 11 is 0. The molecule has 2 saturated carbocycles. The summed E-state index contributed by atoms with van der Waals surface area (Å²) in [5.41, 5.74) is 0. The molecule has 0 aromatic heterocycles. The fourth-order valence-electron chi connectivity index (χ4n) is 3.94. The van der Waals surface area contributed by atoms with E-state index in [0.717, 1.165) is 18.9 Å². The van der Waals surface area contributed by atoms with Gasteiger partial charge >= 0.3 is 0 Å². The number of carbonyl (C=O) groups excluding carboxylic acids is 1. The number of piperidine rings is 1. The molecule has 0 aromatic rings. The van der Waals surface area contributed by atoms with Crippen molar-refractivity contribution in [1.29, 1.82) is 0 Å². The molecular weight excluding hydrogens is 248 g/mol. The molecule has 1 heterocycles. The lowest BCUT2D eigenvalue weighted by atomic mass is 9.88. The zero-order chi connectivity index (χ0) is 13.8. The maximum Gasteiger partial charge on any atom is 0.220 e. The second-order valence-corrected chi connectivity index (χ2v) is 7.32. The molecule has 0 bridgehead atoms. The highest BCUT2D eigenvalue weighted by atomic mass is 16.1. The van der Waals surface area contributed by atoms with Gasteiger partial charge in [0.25, 0.3) is 0 Å². The molecule has 1 atom stereocenters. The molecule has 3 nitrogen and oxygen atoms in total. The maximum atomic E-state index is 11.9. The topological polar surface area (TPSA) is 32.3 Å². The van der Waals surface area contributed by atoms with Crippen molar-refractivity contribution in [3.05, 3.63) is 0 Å². The predicted octanol–water partition coefficient (Wildman–Crippen LogP) is 2.95. The van der Waals surface area contributed by atoms with Crippen molar-refractivity contribution in [2.45, 2.75) is 70.3 Å². The number of hydrogen-bond donors (Lipinski definition) is 1. The smallest absolute Gasteiger partial charge is 0.220 e. The van der Waals surface area contributed by atoms with Crippen molar-refractivity contribution in [3.8, 4) is 0 Å². The Morgan fingerprint density at radius 1 is 0.950 bits per heavy atom. The first-order chi connectivity index (χ1) is 9.79. The molecule has 1 unspecified atom stereocenters. The van der Waals surface area contributed by atoms with E-state index in [0.29, 0.717) is 17.9 Å². The van der Waals surface area contributed by atoms with Gasteiger partial charge < -0.3 is 10.2 Å². The normalized spacial score (nSPS) is 29.3. The fourth-order valence-corrected chi connectivity index (χ4v) is 3.94. The minimum Gasteiger partial charge on any atom is -0.352 e. The summed E-state index contributed by atoms with van der Waals surface area (Å²) in [5.74, 6) is 1.93. The van der Waals surface area contributed by atoms with Crippen molar-refractivity contribution in [2.75, 3.05) is 19.6 Å². The first kappa shape index (κ1) is 14.4. The Kier molecular flexibility index (Phi) is 4.98. The van der Waals surface area contributed by atoms with Crippen LogP contribution in [0.4, 0.5) is 0 Å². The van der Waals surface area contributed by atoms with Crippen molar-refractivity contribution in [2.24, 2.45) is 11.8 Å². The second-order valence-electron chi connectivity index (χ2n) is 7.32. The minimum atomic E-state index is 0.303. The van der Waals surface area contributed by atoms with Crippen LogP contribution in [0.5, 0.6) is 0 Å². The van der Waals surface area contributed by atoms with E-state index in [1.165, 1.54) is 70.9 Å². The number of likely N-dealkylation sites (tertiary alicyclic amines) is 1. The van der Waals surface area contributed by atoms with Crippen LogP contribution >= 0.6 is 0 Å². The highest BCUT2D eigenvalue weighted by Gasteiger charge is 2.27. The van der Waals surface area contributed by atoms with Gasteiger partial charge in [0.1, 0.15) is 0 Å². The number of hydrogen-bond acceptors (Lipinski definition) is 2. The van der Waals surface area contributed by atoms with Crippen LogP contribution in [0.2, 0.25) is 0 Å². The van der Waals surface area contributed by atoms with Gasteiger partial charge in [-0.2, -0.15) is 0 Å². The Labute approximate surface area is 123 Å². The standard InChI is InChI=1S/C17H30N2O/c20-17(11-14-8-9-14)18-16-7-4-10-19(13-16)12-15-5-2-1-3-6-15/h14-16H,1-13H2,(H,18,20). The highest BCUT2D eigenvalue weighted by Crippen LogP contribution is 2.32. The van der Waals surface area contributed by atoms with E-state index in [1.54, 1.807) is 0 Å². The maximum absolute atomic E-state index is 11.9. The lowest BCUT2D eigenvalue weighted by molar-refractivity contribution is -0.122. The monoisotopic (exact) mass is 278 g/mol. The van der Waals surface area contributed by atoms with E-state index in [1.807, 2.05) is 0 Å². The van der Waals surface area contributed by atoms with Crippen molar-refractivity contribution in [1.82, 2.24) is 10.2 Å². The predicted molar refractivity (Wildman–Crippen MR) is 81.5 cm³/mol. The number of nitrogens with zero attached hydrogens (tertiary/aromatic N) is 1. The molecule has 1 aliphatic heterocycles. The number of nitrogens with one attached hydrogen (secondary N) is 1. The van der Waals surface area contributed by atoms with E-state index < -0.39 is 0 Å². The van der Waals surface area contributed by atoms with Gasteiger partial charge in [0.2, 0.25) is 5.91 Å². The summed E-state index contributed by atoms with van der Waals surface area (Å²) in [6.45, 7) is 3.60. The van der Waals surface area contributed by atoms with Gasteiger partial charge in [0.05, 0.1) is 0 Å². The molecule has 0 spiro atoms. The third-order valence-electron chi connectivity index (χ3n) is 5.28. The fraction of sp³-hybridized carbons (Fsp3) is 0.941. The van der Waals surface area contributed by atoms with Gasteiger partial charge in [-0.25, -0.2) is 0 Å². The molecule has 114 valence electrons. The Bertz CT molecular complexity index is 321. The number of rotatable bonds is 5. The quantitative estimate of drug-likeness (QED) is 0.838. The van der Waals surface area contributed by atoms with Crippen LogP contribution in [0.25, 0.3) is 0 Å². The van der Waals surface area contributed by atoms with Gasteiger partial charge in [-0.1, -0.05) is 19.3 Å². The lowest BCUT2D eigenvalue weighted by Gasteiger charge is -2.36. The van der Waals surface area contributed by atoms with Crippen LogP contribution in [-0.4, -0.2) is 36.5 Å². The molecule has 0 radical (unpaired) electrons.